The maximum Gasteiger partial charge on any atom is 0.332 e. The lowest BCUT2D eigenvalue weighted by molar-refractivity contribution is -0.146. The van der Waals surface area contributed by atoms with Gasteiger partial charge in [0.05, 0.1) is 0 Å². The Hall–Kier alpha value is -1.09. The predicted molar refractivity (Wildman–Crippen MR) is 88.4 cm³/mol. The molecule has 0 aromatic carbocycles. The topological polar surface area (TPSA) is 57.5 Å². The monoisotopic (exact) mass is 296 g/mol. The quantitative estimate of drug-likeness (QED) is 0.355. The fourth-order valence-corrected chi connectivity index (χ4v) is 2.12. The SMILES string of the molecule is CCCCCCC=CC=CCCCCCCC(O)C(=O)O. The highest BCUT2D eigenvalue weighted by Gasteiger charge is 2.11. The zero-order valence-corrected chi connectivity index (χ0v) is 13.5. The van der Waals surface area contributed by atoms with Gasteiger partial charge in [-0.05, 0) is 32.1 Å². The third-order valence-electron chi connectivity index (χ3n) is 3.49. The van der Waals surface area contributed by atoms with Gasteiger partial charge >= 0.3 is 5.97 Å². The Morgan fingerprint density at radius 1 is 0.905 bits per heavy atom. The average molecular weight is 296 g/mol. The molecule has 0 heterocycles. The Labute approximate surface area is 129 Å². The number of aliphatic hydroxyl groups is 1. The molecule has 1 atom stereocenters. The average Bonchev–Trinajstić information content (AvgIpc) is 2.47. The third kappa shape index (κ3) is 15.1. The normalized spacial score (nSPS) is 13.2. The van der Waals surface area contributed by atoms with Crippen molar-refractivity contribution in [3.63, 3.8) is 0 Å². The van der Waals surface area contributed by atoms with Gasteiger partial charge in [0, 0.05) is 0 Å². The highest BCUT2D eigenvalue weighted by molar-refractivity contribution is 5.71. The molecule has 1 unspecified atom stereocenters. The lowest BCUT2D eigenvalue weighted by Gasteiger charge is -2.04. The van der Waals surface area contributed by atoms with Crippen LogP contribution in [0, 0.1) is 0 Å². The molecule has 0 amide bonds. The molecule has 0 bridgehead atoms. The molecule has 0 aromatic rings. The van der Waals surface area contributed by atoms with E-state index in [4.69, 9.17) is 10.2 Å². The molecule has 0 saturated heterocycles. The van der Waals surface area contributed by atoms with Gasteiger partial charge in [-0.15, -0.1) is 0 Å². The largest absolute Gasteiger partial charge is 0.479 e. The molecule has 0 saturated carbocycles. The first-order chi connectivity index (χ1) is 10.2. The van der Waals surface area contributed by atoms with Crippen molar-refractivity contribution in [2.45, 2.75) is 83.7 Å². The number of aliphatic carboxylic acids is 1. The van der Waals surface area contributed by atoms with Crippen LogP contribution in [0.5, 0.6) is 0 Å². The van der Waals surface area contributed by atoms with Crippen LogP contribution in [-0.2, 0) is 4.79 Å². The zero-order valence-electron chi connectivity index (χ0n) is 13.5. The smallest absolute Gasteiger partial charge is 0.332 e. The molecular weight excluding hydrogens is 264 g/mol. The van der Waals surface area contributed by atoms with Crippen LogP contribution in [0.2, 0.25) is 0 Å². The van der Waals surface area contributed by atoms with Crippen LogP contribution in [-0.4, -0.2) is 22.3 Å². The van der Waals surface area contributed by atoms with Crippen molar-refractivity contribution >= 4 is 5.97 Å². The molecule has 0 aromatic heterocycles. The Balaban J connectivity index is 3.29. The number of carboxylic acid groups (broad SMARTS) is 1. The number of hydrogen-bond donors (Lipinski definition) is 2. The summed E-state index contributed by atoms with van der Waals surface area (Å²) in [5, 5.41) is 17.6. The van der Waals surface area contributed by atoms with Gasteiger partial charge in [-0.1, -0.05) is 69.8 Å². The van der Waals surface area contributed by atoms with Crippen molar-refractivity contribution in [3.05, 3.63) is 24.3 Å². The maximum atomic E-state index is 10.4. The number of carboxylic acids is 1. The summed E-state index contributed by atoms with van der Waals surface area (Å²) < 4.78 is 0. The molecule has 0 aliphatic heterocycles. The van der Waals surface area contributed by atoms with Gasteiger partial charge < -0.3 is 10.2 Å². The Bertz CT molecular complexity index is 295. The summed E-state index contributed by atoms with van der Waals surface area (Å²) in [5.41, 5.74) is 0. The molecule has 0 radical (unpaired) electrons. The van der Waals surface area contributed by atoms with Gasteiger partial charge in [0.2, 0.25) is 0 Å². The zero-order chi connectivity index (χ0) is 15.8. The number of allylic oxidation sites excluding steroid dienone is 4. The minimum absolute atomic E-state index is 0.367. The third-order valence-corrected chi connectivity index (χ3v) is 3.49. The first-order valence-electron chi connectivity index (χ1n) is 8.41. The summed E-state index contributed by atoms with van der Waals surface area (Å²) in [6.45, 7) is 2.23. The van der Waals surface area contributed by atoms with Crippen molar-refractivity contribution in [1.82, 2.24) is 0 Å². The van der Waals surface area contributed by atoms with E-state index in [1.54, 1.807) is 0 Å². The molecule has 3 nitrogen and oxygen atoms in total. The lowest BCUT2D eigenvalue weighted by Crippen LogP contribution is -2.18. The number of unbranched alkanes of at least 4 members (excludes halogenated alkanes) is 8. The highest BCUT2D eigenvalue weighted by Crippen LogP contribution is 2.08. The van der Waals surface area contributed by atoms with E-state index in [1.807, 2.05) is 0 Å². The van der Waals surface area contributed by atoms with Crippen LogP contribution >= 0.6 is 0 Å². The highest BCUT2D eigenvalue weighted by atomic mass is 16.4. The van der Waals surface area contributed by atoms with E-state index in [-0.39, 0.29) is 0 Å². The van der Waals surface area contributed by atoms with Gasteiger partial charge in [0.1, 0.15) is 0 Å². The molecule has 122 valence electrons. The molecular formula is C18H32O3. The van der Waals surface area contributed by atoms with E-state index in [0.29, 0.717) is 6.42 Å². The van der Waals surface area contributed by atoms with Crippen molar-refractivity contribution in [2.24, 2.45) is 0 Å². The summed E-state index contributed by atoms with van der Waals surface area (Å²) >= 11 is 0. The number of aliphatic hydroxyl groups excluding tert-OH is 1. The molecule has 3 heteroatoms. The summed E-state index contributed by atoms with van der Waals surface area (Å²) in [5.74, 6) is -1.11. The van der Waals surface area contributed by atoms with E-state index < -0.39 is 12.1 Å². The molecule has 0 spiro atoms. The molecule has 0 aliphatic carbocycles. The summed E-state index contributed by atoms with van der Waals surface area (Å²) in [7, 11) is 0. The summed E-state index contributed by atoms with van der Waals surface area (Å²) in [6, 6.07) is 0. The molecule has 0 aliphatic rings. The van der Waals surface area contributed by atoms with Crippen molar-refractivity contribution in [1.29, 1.82) is 0 Å². The van der Waals surface area contributed by atoms with E-state index in [2.05, 4.69) is 31.2 Å². The van der Waals surface area contributed by atoms with Crippen LogP contribution in [0.25, 0.3) is 0 Å². The van der Waals surface area contributed by atoms with E-state index in [0.717, 1.165) is 32.1 Å². The van der Waals surface area contributed by atoms with Gasteiger partial charge in [-0.2, -0.15) is 0 Å². The number of carbonyl (C=O) groups is 1. The molecule has 0 rings (SSSR count). The second-order valence-corrected chi connectivity index (χ2v) is 5.55. The number of rotatable bonds is 14. The van der Waals surface area contributed by atoms with Gasteiger partial charge in [0.25, 0.3) is 0 Å². The fourth-order valence-electron chi connectivity index (χ4n) is 2.12. The second-order valence-electron chi connectivity index (χ2n) is 5.55. The summed E-state index contributed by atoms with van der Waals surface area (Å²) in [4.78, 5) is 10.4. The minimum Gasteiger partial charge on any atom is -0.479 e. The van der Waals surface area contributed by atoms with E-state index in [9.17, 15) is 4.79 Å². The molecule has 21 heavy (non-hydrogen) atoms. The van der Waals surface area contributed by atoms with Crippen molar-refractivity contribution < 1.29 is 15.0 Å². The van der Waals surface area contributed by atoms with Gasteiger partial charge in [0.15, 0.2) is 6.10 Å². The van der Waals surface area contributed by atoms with Crippen molar-refractivity contribution in [2.75, 3.05) is 0 Å². The van der Waals surface area contributed by atoms with Crippen LogP contribution in [0.4, 0.5) is 0 Å². The molecule has 0 fully saturated rings. The maximum absolute atomic E-state index is 10.4. The fraction of sp³-hybridized carbons (Fsp3) is 0.722. The van der Waals surface area contributed by atoms with Gasteiger partial charge in [-0.25, -0.2) is 4.79 Å². The Kier molecular flexibility index (Phi) is 14.5. The minimum atomic E-state index is -1.19. The van der Waals surface area contributed by atoms with Crippen LogP contribution in [0.3, 0.4) is 0 Å². The standard InChI is InChI=1S/C18H32O3/c1-2-3-4-5-6-7-8-9-10-11-12-13-14-15-16-17(19)18(20)21/h7-10,17,19H,2-6,11-16H2,1H3,(H,20,21). The lowest BCUT2D eigenvalue weighted by atomic mass is 10.1. The Morgan fingerprint density at radius 3 is 1.95 bits per heavy atom. The predicted octanol–water partition coefficient (Wildman–Crippen LogP) is 4.86. The van der Waals surface area contributed by atoms with Gasteiger partial charge in [-0.3, -0.25) is 0 Å². The Morgan fingerprint density at radius 2 is 1.43 bits per heavy atom. The van der Waals surface area contributed by atoms with E-state index >= 15 is 0 Å². The first kappa shape index (κ1) is 19.9. The van der Waals surface area contributed by atoms with Crippen molar-refractivity contribution in [3.8, 4) is 0 Å². The van der Waals surface area contributed by atoms with Crippen LogP contribution < -0.4 is 0 Å². The van der Waals surface area contributed by atoms with Crippen LogP contribution in [0.15, 0.2) is 24.3 Å². The second kappa shape index (κ2) is 15.3. The first-order valence-corrected chi connectivity index (χ1v) is 8.41. The molecule has 2 N–H and O–H groups in total. The van der Waals surface area contributed by atoms with Crippen LogP contribution in [0.1, 0.15) is 77.6 Å². The number of hydrogen-bond acceptors (Lipinski definition) is 2. The summed E-state index contributed by atoms with van der Waals surface area (Å²) in [6.07, 6.45) is 19.4. The van der Waals surface area contributed by atoms with E-state index in [1.165, 1.54) is 32.1 Å².